The number of carboxylic acid groups (broad SMARTS) is 1. The number of aromatic nitrogens is 1. The number of halogens is 1. The van der Waals surface area contributed by atoms with Crippen molar-refractivity contribution in [3.63, 3.8) is 0 Å². The molecule has 0 spiro atoms. The third-order valence-corrected chi connectivity index (χ3v) is 6.33. The summed E-state index contributed by atoms with van der Waals surface area (Å²) in [5.41, 5.74) is 1.07. The van der Waals surface area contributed by atoms with Crippen molar-refractivity contribution in [3.05, 3.63) is 58.6 Å². The molecule has 0 bridgehead atoms. The lowest BCUT2D eigenvalue weighted by molar-refractivity contribution is -0.0538. The molecule has 0 amide bonds. The number of aromatic amines is 1. The van der Waals surface area contributed by atoms with Gasteiger partial charge in [0.25, 0.3) is 0 Å². The van der Waals surface area contributed by atoms with E-state index >= 15 is 0 Å². The molecule has 0 radical (unpaired) electrons. The second-order valence-electron chi connectivity index (χ2n) is 8.04. The second kappa shape index (κ2) is 8.78. The maximum atomic E-state index is 11.5. The molecule has 1 aromatic heterocycles. The molecule has 1 aliphatic rings. The van der Waals surface area contributed by atoms with Gasteiger partial charge >= 0.3 is 6.16 Å². The third-order valence-electron chi connectivity index (χ3n) is 6.09. The number of nitrogens with one attached hydrogen (secondary N) is 2. The smallest absolute Gasteiger partial charge is 0.508 e. The first-order chi connectivity index (χ1) is 14.9. The van der Waals surface area contributed by atoms with Crippen LogP contribution in [0.4, 0.5) is 4.79 Å². The van der Waals surface area contributed by atoms with Gasteiger partial charge in [0.05, 0.1) is 5.60 Å². The van der Waals surface area contributed by atoms with Crippen molar-refractivity contribution in [2.24, 2.45) is 5.92 Å². The Bertz CT molecular complexity index is 1100. The van der Waals surface area contributed by atoms with Crippen molar-refractivity contribution in [1.29, 1.82) is 0 Å². The van der Waals surface area contributed by atoms with Crippen LogP contribution in [-0.2, 0) is 12.1 Å². The molecule has 1 heterocycles. The molecule has 7 nitrogen and oxygen atoms in total. The van der Waals surface area contributed by atoms with Crippen LogP contribution in [0, 0.1) is 5.92 Å². The van der Waals surface area contributed by atoms with Gasteiger partial charge in [-0.25, -0.2) is 4.79 Å². The van der Waals surface area contributed by atoms with Crippen LogP contribution in [0.15, 0.2) is 42.5 Å². The minimum atomic E-state index is -1.40. The van der Waals surface area contributed by atoms with Crippen LogP contribution >= 0.6 is 11.6 Å². The van der Waals surface area contributed by atoms with Crippen LogP contribution in [0.2, 0.25) is 5.02 Å². The Hall–Kier alpha value is -2.74. The van der Waals surface area contributed by atoms with Gasteiger partial charge in [-0.1, -0.05) is 36.6 Å². The van der Waals surface area contributed by atoms with Gasteiger partial charge in [-0.3, -0.25) is 0 Å². The highest BCUT2D eigenvalue weighted by Crippen LogP contribution is 2.42. The van der Waals surface area contributed by atoms with Crippen LogP contribution in [0.1, 0.15) is 36.8 Å². The summed E-state index contributed by atoms with van der Waals surface area (Å²) >= 11 is 6.13. The quantitative estimate of drug-likeness (QED) is 0.350. The van der Waals surface area contributed by atoms with E-state index in [1.807, 2.05) is 6.07 Å². The number of hydrogen-bond acceptors (Lipinski definition) is 5. The summed E-state index contributed by atoms with van der Waals surface area (Å²) in [5, 5.41) is 35.1. The predicted molar refractivity (Wildman–Crippen MR) is 118 cm³/mol. The number of phenolic OH excluding ortho intramolecular Hbond substituents is 1. The lowest BCUT2D eigenvalue weighted by Crippen LogP contribution is -2.43. The molecule has 1 saturated carbocycles. The van der Waals surface area contributed by atoms with Crippen LogP contribution in [0.5, 0.6) is 11.6 Å². The van der Waals surface area contributed by atoms with Crippen molar-refractivity contribution in [1.82, 2.24) is 10.3 Å². The summed E-state index contributed by atoms with van der Waals surface area (Å²) in [6.45, 7) is 0.863. The van der Waals surface area contributed by atoms with E-state index in [4.69, 9.17) is 21.4 Å². The predicted octanol–water partition coefficient (Wildman–Crippen LogP) is 4.75. The summed E-state index contributed by atoms with van der Waals surface area (Å²) < 4.78 is 4.94. The monoisotopic (exact) mass is 444 g/mol. The molecule has 1 fully saturated rings. The second-order valence-corrected chi connectivity index (χ2v) is 8.48. The normalized spacial score (nSPS) is 21.3. The number of hydrogen-bond donors (Lipinski definition) is 5. The van der Waals surface area contributed by atoms with E-state index in [0.29, 0.717) is 35.7 Å². The number of fused-ring (bicyclic) bond motifs is 1. The van der Waals surface area contributed by atoms with E-state index in [1.54, 1.807) is 36.4 Å². The average Bonchev–Trinajstić information content (AvgIpc) is 3.05. The summed E-state index contributed by atoms with van der Waals surface area (Å²) in [4.78, 5) is 14.1. The van der Waals surface area contributed by atoms with Crippen LogP contribution < -0.4 is 10.1 Å². The fourth-order valence-electron chi connectivity index (χ4n) is 4.57. The van der Waals surface area contributed by atoms with Gasteiger partial charge in [-0.2, -0.15) is 0 Å². The number of rotatable bonds is 6. The maximum Gasteiger partial charge on any atom is 0.512 e. The summed E-state index contributed by atoms with van der Waals surface area (Å²) in [6.07, 6.45) is 2.00. The van der Waals surface area contributed by atoms with Crippen molar-refractivity contribution < 1.29 is 24.9 Å². The van der Waals surface area contributed by atoms with E-state index < -0.39 is 11.8 Å². The standard InChI is InChI=1S/C23H25ClN2O5/c24-16-7-8-20-18(11-16)19(21(26-20)31-22(28)29)13-25-12-15-4-1-2-9-23(15,30)14-5-3-6-17(27)10-14/h3,5-8,10-11,15,25-27,30H,1-2,4,9,12-13H2,(H,28,29). The van der Waals surface area contributed by atoms with E-state index in [9.17, 15) is 15.0 Å². The molecule has 2 atom stereocenters. The van der Waals surface area contributed by atoms with Gasteiger partial charge in [-0.05, 0) is 48.7 Å². The van der Waals surface area contributed by atoms with Crippen molar-refractivity contribution in [2.45, 2.75) is 37.8 Å². The molecule has 2 aromatic carbocycles. The largest absolute Gasteiger partial charge is 0.512 e. The van der Waals surface area contributed by atoms with Crippen LogP contribution in [0.25, 0.3) is 10.9 Å². The SMILES string of the molecule is O=C(O)Oc1[nH]c2ccc(Cl)cc2c1CNCC1CCCCC1(O)c1cccc(O)c1. The first kappa shape index (κ1) is 21.5. The molecule has 8 heteroatoms. The third kappa shape index (κ3) is 4.49. The molecular formula is C23H25ClN2O5. The average molecular weight is 445 g/mol. The van der Waals surface area contributed by atoms with E-state index in [0.717, 1.165) is 30.2 Å². The van der Waals surface area contributed by atoms with Gasteiger partial charge in [-0.15, -0.1) is 0 Å². The highest BCUT2D eigenvalue weighted by molar-refractivity contribution is 6.31. The van der Waals surface area contributed by atoms with E-state index in [-0.39, 0.29) is 17.5 Å². The zero-order valence-electron chi connectivity index (χ0n) is 16.9. The number of benzene rings is 2. The summed E-state index contributed by atoms with van der Waals surface area (Å²) in [5.74, 6) is 0.235. The van der Waals surface area contributed by atoms with Crippen LogP contribution in [0.3, 0.4) is 0 Å². The van der Waals surface area contributed by atoms with Gasteiger partial charge in [0.1, 0.15) is 5.75 Å². The van der Waals surface area contributed by atoms with Gasteiger partial charge in [0, 0.05) is 40.5 Å². The molecule has 0 aliphatic heterocycles. The Morgan fingerprint density at radius 3 is 2.87 bits per heavy atom. The zero-order valence-corrected chi connectivity index (χ0v) is 17.7. The number of phenols is 1. The van der Waals surface area contributed by atoms with Crippen molar-refractivity contribution >= 4 is 28.7 Å². The fourth-order valence-corrected chi connectivity index (χ4v) is 4.74. The number of carbonyl (C=O) groups is 1. The molecule has 164 valence electrons. The lowest BCUT2D eigenvalue weighted by atomic mass is 9.71. The summed E-state index contributed by atoms with van der Waals surface area (Å²) in [7, 11) is 0. The number of H-pyrrole nitrogens is 1. The molecule has 1 aliphatic carbocycles. The van der Waals surface area contributed by atoms with Crippen LogP contribution in [-0.4, -0.2) is 33.0 Å². The van der Waals surface area contributed by atoms with Gasteiger partial charge in [0.2, 0.25) is 5.88 Å². The Labute approximate surface area is 184 Å². The molecular weight excluding hydrogens is 420 g/mol. The Morgan fingerprint density at radius 1 is 1.26 bits per heavy atom. The molecule has 31 heavy (non-hydrogen) atoms. The number of aliphatic hydroxyl groups is 1. The fraction of sp³-hybridized carbons (Fsp3) is 0.348. The Morgan fingerprint density at radius 2 is 2.10 bits per heavy atom. The number of aromatic hydroxyl groups is 1. The van der Waals surface area contributed by atoms with Gasteiger partial charge < -0.3 is 30.4 Å². The van der Waals surface area contributed by atoms with Crippen molar-refractivity contribution in [2.75, 3.05) is 6.54 Å². The number of ether oxygens (including phenoxy) is 1. The first-order valence-electron chi connectivity index (χ1n) is 10.3. The lowest BCUT2D eigenvalue weighted by Gasteiger charge is -2.40. The summed E-state index contributed by atoms with van der Waals surface area (Å²) in [6, 6.07) is 12.1. The molecule has 4 rings (SSSR count). The molecule has 0 saturated heterocycles. The molecule has 5 N–H and O–H groups in total. The van der Waals surface area contributed by atoms with E-state index in [1.165, 1.54) is 0 Å². The first-order valence-corrected chi connectivity index (χ1v) is 10.7. The highest BCUT2D eigenvalue weighted by Gasteiger charge is 2.40. The van der Waals surface area contributed by atoms with Gasteiger partial charge in [0.15, 0.2) is 0 Å². The molecule has 3 aromatic rings. The maximum absolute atomic E-state index is 11.5. The Balaban J connectivity index is 1.54. The Kier molecular flexibility index (Phi) is 6.09. The molecule has 2 unspecified atom stereocenters. The minimum Gasteiger partial charge on any atom is -0.508 e. The topological polar surface area (TPSA) is 115 Å². The van der Waals surface area contributed by atoms with E-state index in [2.05, 4.69) is 10.3 Å². The van der Waals surface area contributed by atoms with Crippen molar-refractivity contribution in [3.8, 4) is 11.6 Å². The minimum absolute atomic E-state index is 0.0549. The highest BCUT2D eigenvalue weighted by atomic mass is 35.5. The zero-order chi connectivity index (χ0) is 22.0.